The van der Waals surface area contributed by atoms with Gasteiger partial charge in [-0.05, 0) is 36.8 Å². The van der Waals surface area contributed by atoms with E-state index in [1.165, 1.54) is 24.0 Å². The Morgan fingerprint density at radius 3 is 2.55 bits per heavy atom. The van der Waals surface area contributed by atoms with Gasteiger partial charge in [0.1, 0.15) is 0 Å². The van der Waals surface area contributed by atoms with Crippen molar-refractivity contribution < 1.29 is 9.47 Å². The van der Waals surface area contributed by atoms with Gasteiger partial charge < -0.3 is 14.8 Å². The van der Waals surface area contributed by atoms with Crippen molar-refractivity contribution >= 4 is 11.6 Å². The Kier molecular flexibility index (Phi) is 5.17. The van der Waals surface area contributed by atoms with Crippen LogP contribution in [0.5, 0.6) is 11.5 Å². The van der Waals surface area contributed by atoms with Crippen molar-refractivity contribution in [3.63, 3.8) is 0 Å². The standard InChI is InChI=1S/C16H24ClNO2/c1-10(2)14-15(11-6-5-7-18-9-11)12(17)8-13(19-3)16(14)20-4/h8,10-11,18H,5-7,9H2,1-4H3. The fourth-order valence-corrected chi connectivity index (χ4v) is 3.45. The Hall–Kier alpha value is -0.930. The van der Waals surface area contributed by atoms with Crippen LogP contribution in [0.15, 0.2) is 6.07 Å². The molecule has 1 aliphatic heterocycles. The minimum Gasteiger partial charge on any atom is -0.493 e. The van der Waals surface area contributed by atoms with Gasteiger partial charge in [0.05, 0.1) is 14.2 Å². The van der Waals surface area contributed by atoms with Crippen LogP contribution >= 0.6 is 11.6 Å². The van der Waals surface area contributed by atoms with E-state index in [4.69, 9.17) is 21.1 Å². The zero-order valence-corrected chi connectivity index (χ0v) is 13.5. The van der Waals surface area contributed by atoms with Crippen LogP contribution in [0.2, 0.25) is 5.02 Å². The molecule has 112 valence electrons. The summed E-state index contributed by atoms with van der Waals surface area (Å²) in [5, 5.41) is 4.25. The highest BCUT2D eigenvalue weighted by atomic mass is 35.5. The minimum atomic E-state index is 0.342. The molecule has 1 heterocycles. The Balaban J connectivity index is 2.58. The molecule has 1 fully saturated rings. The Bertz CT molecular complexity index is 468. The first-order chi connectivity index (χ1) is 9.60. The van der Waals surface area contributed by atoms with E-state index in [1.807, 2.05) is 6.07 Å². The van der Waals surface area contributed by atoms with Gasteiger partial charge in [0.25, 0.3) is 0 Å². The monoisotopic (exact) mass is 297 g/mol. The number of halogens is 1. The summed E-state index contributed by atoms with van der Waals surface area (Å²) in [6.45, 7) is 6.42. The van der Waals surface area contributed by atoms with Crippen LogP contribution in [-0.2, 0) is 0 Å². The maximum atomic E-state index is 6.56. The molecule has 1 aliphatic rings. The van der Waals surface area contributed by atoms with Crippen LogP contribution in [-0.4, -0.2) is 27.3 Å². The number of hydrogen-bond donors (Lipinski definition) is 1. The van der Waals surface area contributed by atoms with Crippen LogP contribution in [0, 0.1) is 0 Å². The normalized spacial score (nSPS) is 19.2. The number of nitrogens with one attached hydrogen (secondary N) is 1. The predicted molar refractivity (Wildman–Crippen MR) is 83.5 cm³/mol. The summed E-state index contributed by atoms with van der Waals surface area (Å²) in [7, 11) is 3.35. The highest BCUT2D eigenvalue weighted by Gasteiger charge is 2.27. The van der Waals surface area contributed by atoms with E-state index in [0.717, 1.165) is 23.9 Å². The van der Waals surface area contributed by atoms with Crippen LogP contribution in [0.3, 0.4) is 0 Å². The largest absolute Gasteiger partial charge is 0.493 e. The van der Waals surface area contributed by atoms with Gasteiger partial charge in [0, 0.05) is 23.2 Å². The van der Waals surface area contributed by atoms with Crippen LogP contribution in [0.4, 0.5) is 0 Å². The maximum absolute atomic E-state index is 6.56. The lowest BCUT2D eigenvalue weighted by atomic mass is 9.84. The SMILES string of the molecule is COc1cc(Cl)c(C2CCCNC2)c(C(C)C)c1OC. The third-order valence-corrected chi connectivity index (χ3v) is 4.29. The summed E-state index contributed by atoms with van der Waals surface area (Å²) in [5.74, 6) is 2.34. The van der Waals surface area contributed by atoms with Gasteiger partial charge >= 0.3 is 0 Å². The van der Waals surface area contributed by atoms with Gasteiger partial charge in [-0.15, -0.1) is 0 Å². The van der Waals surface area contributed by atoms with Crippen molar-refractivity contribution in [3.05, 3.63) is 22.2 Å². The van der Waals surface area contributed by atoms with E-state index in [1.54, 1.807) is 14.2 Å². The fourth-order valence-electron chi connectivity index (χ4n) is 3.09. The van der Waals surface area contributed by atoms with Crippen LogP contribution < -0.4 is 14.8 Å². The molecule has 0 spiro atoms. The first-order valence-corrected chi connectivity index (χ1v) is 7.62. The third-order valence-electron chi connectivity index (χ3n) is 3.98. The highest BCUT2D eigenvalue weighted by molar-refractivity contribution is 6.31. The molecule has 0 bridgehead atoms. The molecule has 0 aromatic heterocycles. The molecule has 1 aromatic rings. The number of rotatable bonds is 4. The smallest absolute Gasteiger partial charge is 0.164 e. The lowest BCUT2D eigenvalue weighted by Gasteiger charge is -2.29. The van der Waals surface area contributed by atoms with Crippen molar-refractivity contribution in [2.45, 2.75) is 38.5 Å². The van der Waals surface area contributed by atoms with E-state index in [9.17, 15) is 0 Å². The van der Waals surface area contributed by atoms with E-state index in [0.29, 0.717) is 17.6 Å². The summed E-state index contributed by atoms with van der Waals surface area (Å²) in [5.41, 5.74) is 2.41. The molecule has 3 nitrogen and oxygen atoms in total. The van der Waals surface area contributed by atoms with Crippen molar-refractivity contribution in [2.75, 3.05) is 27.3 Å². The highest BCUT2D eigenvalue weighted by Crippen LogP contribution is 2.45. The van der Waals surface area contributed by atoms with Crippen molar-refractivity contribution in [1.29, 1.82) is 0 Å². The lowest BCUT2D eigenvalue weighted by molar-refractivity contribution is 0.348. The Labute approximate surface area is 126 Å². The first-order valence-electron chi connectivity index (χ1n) is 7.25. The molecule has 1 aromatic carbocycles. The second-order valence-corrected chi connectivity index (χ2v) is 6.03. The topological polar surface area (TPSA) is 30.5 Å². The van der Waals surface area contributed by atoms with E-state index >= 15 is 0 Å². The first kappa shape index (κ1) is 15.5. The molecule has 1 N–H and O–H groups in total. The van der Waals surface area contributed by atoms with Gasteiger partial charge in [-0.1, -0.05) is 25.4 Å². The van der Waals surface area contributed by atoms with Crippen molar-refractivity contribution in [2.24, 2.45) is 0 Å². The van der Waals surface area contributed by atoms with Gasteiger partial charge in [-0.2, -0.15) is 0 Å². The number of benzene rings is 1. The second kappa shape index (κ2) is 6.68. The molecule has 20 heavy (non-hydrogen) atoms. The summed E-state index contributed by atoms with van der Waals surface area (Å²) in [6.07, 6.45) is 2.36. The predicted octanol–water partition coefficient (Wildman–Crippen LogP) is 3.95. The molecule has 0 aliphatic carbocycles. The van der Waals surface area contributed by atoms with E-state index in [-0.39, 0.29) is 0 Å². The van der Waals surface area contributed by atoms with Crippen LogP contribution in [0.1, 0.15) is 49.7 Å². The average molecular weight is 298 g/mol. The average Bonchev–Trinajstić information content (AvgIpc) is 2.46. The molecule has 1 saturated heterocycles. The van der Waals surface area contributed by atoms with Gasteiger partial charge in [0.2, 0.25) is 0 Å². The molecule has 0 amide bonds. The third kappa shape index (κ3) is 2.89. The Morgan fingerprint density at radius 1 is 1.30 bits per heavy atom. The van der Waals surface area contributed by atoms with Crippen molar-refractivity contribution in [3.8, 4) is 11.5 Å². The summed E-state index contributed by atoms with van der Waals surface area (Å²) in [6, 6.07) is 1.89. The lowest BCUT2D eigenvalue weighted by Crippen LogP contribution is -2.29. The molecular weight excluding hydrogens is 274 g/mol. The molecular formula is C16H24ClNO2. The fraction of sp³-hybridized carbons (Fsp3) is 0.625. The van der Waals surface area contributed by atoms with Crippen molar-refractivity contribution in [1.82, 2.24) is 5.32 Å². The summed E-state index contributed by atoms with van der Waals surface area (Å²) < 4.78 is 11.0. The molecule has 1 unspecified atom stereocenters. The summed E-state index contributed by atoms with van der Waals surface area (Å²) >= 11 is 6.56. The number of piperidine rings is 1. The molecule has 0 radical (unpaired) electrons. The van der Waals surface area contributed by atoms with Gasteiger partial charge in [0.15, 0.2) is 11.5 Å². The zero-order chi connectivity index (χ0) is 14.7. The molecule has 1 atom stereocenters. The second-order valence-electron chi connectivity index (χ2n) is 5.62. The van der Waals surface area contributed by atoms with Gasteiger partial charge in [-0.25, -0.2) is 0 Å². The molecule has 4 heteroatoms. The summed E-state index contributed by atoms with van der Waals surface area (Å²) in [4.78, 5) is 0. The van der Waals surface area contributed by atoms with E-state index in [2.05, 4.69) is 19.2 Å². The zero-order valence-electron chi connectivity index (χ0n) is 12.8. The molecule has 2 rings (SSSR count). The minimum absolute atomic E-state index is 0.342. The quantitative estimate of drug-likeness (QED) is 0.913. The number of hydrogen-bond acceptors (Lipinski definition) is 3. The number of methoxy groups -OCH3 is 2. The Morgan fingerprint density at radius 2 is 2.05 bits per heavy atom. The maximum Gasteiger partial charge on any atom is 0.164 e. The van der Waals surface area contributed by atoms with Gasteiger partial charge in [-0.3, -0.25) is 0 Å². The van der Waals surface area contributed by atoms with E-state index < -0.39 is 0 Å². The van der Waals surface area contributed by atoms with Crippen LogP contribution in [0.25, 0.3) is 0 Å². The molecule has 0 saturated carbocycles. The number of ether oxygens (including phenoxy) is 2.